The van der Waals surface area contributed by atoms with Crippen LogP contribution in [0.4, 0.5) is 0 Å². The minimum Gasteiger partial charge on any atom is -0.381 e. The second-order valence-corrected chi connectivity index (χ2v) is 5.75. The SMILES string of the molecule is O=C(CC1CCNCC1)N1C[C@H]2COC[C@H]2C1. The molecule has 0 saturated carbocycles. The lowest BCUT2D eigenvalue weighted by Gasteiger charge is -2.25. The molecule has 3 rings (SSSR count). The summed E-state index contributed by atoms with van der Waals surface area (Å²) >= 11 is 0. The van der Waals surface area contributed by atoms with Crippen LogP contribution in [0, 0.1) is 17.8 Å². The first-order chi connectivity index (χ1) is 8.33. The highest BCUT2D eigenvalue weighted by atomic mass is 16.5. The van der Waals surface area contributed by atoms with Gasteiger partial charge in [0.05, 0.1) is 13.2 Å². The van der Waals surface area contributed by atoms with Gasteiger partial charge in [-0.15, -0.1) is 0 Å². The lowest BCUT2D eigenvalue weighted by atomic mass is 9.94. The zero-order valence-electron chi connectivity index (χ0n) is 10.4. The first-order valence-corrected chi connectivity index (χ1v) is 6.89. The standard InChI is InChI=1S/C13H22N2O2/c16-13(5-10-1-3-14-4-2-10)15-6-11-8-17-9-12(11)7-15/h10-12,14H,1-9H2/t11-,12+. The van der Waals surface area contributed by atoms with Crippen LogP contribution in [0.15, 0.2) is 0 Å². The highest BCUT2D eigenvalue weighted by molar-refractivity contribution is 5.76. The molecule has 17 heavy (non-hydrogen) atoms. The monoisotopic (exact) mass is 238 g/mol. The van der Waals surface area contributed by atoms with Crippen LogP contribution in [-0.2, 0) is 9.53 Å². The maximum absolute atomic E-state index is 12.2. The van der Waals surface area contributed by atoms with Crippen molar-refractivity contribution in [3.63, 3.8) is 0 Å². The average Bonchev–Trinajstić information content (AvgIpc) is 2.90. The molecule has 3 aliphatic rings. The summed E-state index contributed by atoms with van der Waals surface area (Å²) in [7, 11) is 0. The van der Waals surface area contributed by atoms with Crippen molar-refractivity contribution < 1.29 is 9.53 Å². The van der Waals surface area contributed by atoms with E-state index in [0.717, 1.165) is 58.7 Å². The topological polar surface area (TPSA) is 41.6 Å². The van der Waals surface area contributed by atoms with Crippen LogP contribution in [0.5, 0.6) is 0 Å². The van der Waals surface area contributed by atoms with Crippen LogP contribution < -0.4 is 5.32 Å². The van der Waals surface area contributed by atoms with E-state index in [0.29, 0.717) is 23.7 Å². The summed E-state index contributed by atoms with van der Waals surface area (Å²) in [4.78, 5) is 14.3. The van der Waals surface area contributed by atoms with Crippen molar-refractivity contribution >= 4 is 5.91 Å². The molecule has 3 saturated heterocycles. The predicted octanol–water partition coefficient (Wildman–Crippen LogP) is 0.481. The van der Waals surface area contributed by atoms with E-state index in [1.165, 1.54) is 0 Å². The number of ether oxygens (including phenoxy) is 1. The number of rotatable bonds is 2. The minimum absolute atomic E-state index is 0.381. The normalized spacial score (nSPS) is 34.0. The molecule has 0 aromatic rings. The molecule has 3 aliphatic heterocycles. The molecule has 0 unspecified atom stereocenters. The van der Waals surface area contributed by atoms with Crippen LogP contribution in [0.2, 0.25) is 0 Å². The van der Waals surface area contributed by atoms with Crippen molar-refractivity contribution in [2.75, 3.05) is 39.4 Å². The van der Waals surface area contributed by atoms with E-state index in [2.05, 4.69) is 10.2 Å². The number of nitrogens with one attached hydrogen (secondary N) is 1. The Morgan fingerprint density at radius 3 is 2.47 bits per heavy atom. The lowest BCUT2D eigenvalue weighted by Crippen LogP contribution is -2.35. The summed E-state index contributed by atoms with van der Waals surface area (Å²) in [6, 6.07) is 0. The van der Waals surface area contributed by atoms with Gasteiger partial charge < -0.3 is 15.0 Å². The van der Waals surface area contributed by atoms with Crippen LogP contribution in [-0.4, -0.2) is 50.2 Å². The first kappa shape index (κ1) is 11.5. The Bertz CT molecular complexity index is 277. The van der Waals surface area contributed by atoms with Gasteiger partial charge in [0.15, 0.2) is 0 Å². The van der Waals surface area contributed by atoms with Crippen molar-refractivity contribution in [2.45, 2.75) is 19.3 Å². The van der Waals surface area contributed by atoms with E-state index in [-0.39, 0.29) is 0 Å². The third-order valence-corrected chi connectivity index (χ3v) is 4.52. The minimum atomic E-state index is 0.381. The number of amides is 1. The molecule has 1 N–H and O–H groups in total. The van der Waals surface area contributed by atoms with Gasteiger partial charge in [-0.3, -0.25) is 4.79 Å². The highest BCUT2D eigenvalue weighted by Crippen LogP contribution is 2.30. The summed E-state index contributed by atoms with van der Waals surface area (Å²) in [6.45, 7) is 5.76. The van der Waals surface area contributed by atoms with E-state index in [4.69, 9.17) is 4.74 Å². The largest absolute Gasteiger partial charge is 0.381 e. The van der Waals surface area contributed by atoms with Crippen molar-refractivity contribution in [2.24, 2.45) is 17.8 Å². The fourth-order valence-corrected chi connectivity index (χ4v) is 3.35. The zero-order chi connectivity index (χ0) is 11.7. The van der Waals surface area contributed by atoms with E-state index in [1.807, 2.05) is 0 Å². The van der Waals surface area contributed by atoms with Gasteiger partial charge >= 0.3 is 0 Å². The third kappa shape index (κ3) is 2.47. The summed E-state index contributed by atoms with van der Waals surface area (Å²) < 4.78 is 5.44. The third-order valence-electron chi connectivity index (χ3n) is 4.52. The number of carbonyl (C=O) groups is 1. The molecule has 0 aromatic carbocycles. The molecule has 2 atom stereocenters. The second kappa shape index (κ2) is 4.94. The molecule has 4 heteroatoms. The Hall–Kier alpha value is -0.610. The predicted molar refractivity (Wildman–Crippen MR) is 64.6 cm³/mol. The second-order valence-electron chi connectivity index (χ2n) is 5.75. The van der Waals surface area contributed by atoms with Gasteiger partial charge in [0, 0.05) is 31.3 Å². The Kier molecular flexibility index (Phi) is 3.34. The maximum Gasteiger partial charge on any atom is 0.222 e. The van der Waals surface area contributed by atoms with Crippen molar-refractivity contribution in [3.05, 3.63) is 0 Å². The molecule has 4 nitrogen and oxygen atoms in total. The lowest BCUT2D eigenvalue weighted by molar-refractivity contribution is -0.131. The quantitative estimate of drug-likeness (QED) is 0.761. The molecular formula is C13H22N2O2. The first-order valence-electron chi connectivity index (χ1n) is 6.89. The average molecular weight is 238 g/mol. The highest BCUT2D eigenvalue weighted by Gasteiger charge is 2.39. The van der Waals surface area contributed by atoms with Crippen LogP contribution in [0.25, 0.3) is 0 Å². The van der Waals surface area contributed by atoms with Crippen LogP contribution in [0.3, 0.4) is 0 Å². The summed E-state index contributed by atoms with van der Waals surface area (Å²) in [5.74, 6) is 2.23. The molecule has 3 heterocycles. The van der Waals surface area contributed by atoms with E-state index in [9.17, 15) is 4.79 Å². The molecule has 0 radical (unpaired) electrons. The number of carbonyl (C=O) groups excluding carboxylic acids is 1. The van der Waals surface area contributed by atoms with E-state index in [1.54, 1.807) is 0 Å². The fourth-order valence-electron chi connectivity index (χ4n) is 3.35. The number of piperidine rings is 1. The van der Waals surface area contributed by atoms with Gasteiger partial charge in [-0.2, -0.15) is 0 Å². The summed E-state index contributed by atoms with van der Waals surface area (Å²) in [5, 5.41) is 3.35. The van der Waals surface area contributed by atoms with Gasteiger partial charge in [-0.25, -0.2) is 0 Å². The number of likely N-dealkylation sites (tertiary alicyclic amines) is 1. The molecule has 0 bridgehead atoms. The number of nitrogens with zero attached hydrogens (tertiary/aromatic N) is 1. The van der Waals surface area contributed by atoms with Crippen molar-refractivity contribution in [1.29, 1.82) is 0 Å². The molecule has 1 amide bonds. The molecule has 0 spiro atoms. The number of fused-ring (bicyclic) bond motifs is 1. The van der Waals surface area contributed by atoms with Crippen LogP contribution >= 0.6 is 0 Å². The Morgan fingerprint density at radius 2 is 1.82 bits per heavy atom. The Labute approximate surface area is 103 Å². The van der Waals surface area contributed by atoms with Crippen molar-refractivity contribution in [3.8, 4) is 0 Å². The van der Waals surface area contributed by atoms with Gasteiger partial charge in [0.1, 0.15) is 0 Å². The Balaban J connectivity index is 1.49. The van der Waals surface area contributed by atoms with E-state index >= 15 is 0 Å². The molecular weight excluding hydrogens is 216 g/mol. The summed E-state index contributed by atoms with van der Waals surface area (Å²) in [6.07, 6.45) is 3.09. The Morgan fingerprint density at radius 1 is 1.18 bits per heavy atom. The number of hydrogen-bond donors (Lipinski definition) is 1. The molecule has 0 aromatic heterocycles. The molecule has 3 fully saturated rings. The smallest absolute Gasteiger partial charge is 0.222 e. The zero-order valence-corrected chi connectivity index (χ0v) is 10.4. The molecule has 96 valence electrons. The van der Waals surface area contributed by atoms with E-state index < -0.39 is 0 Å². The van der Waals surface area contributed by atoms with Gasteiger partial charge in [-0.1, -0.05) is 0 Å². The van der Waals surface area contributed by atoms with Crippen LogP contribution in [0.1, 0.15) is 19.3 Å². The van der Waals surface area contributed by atoms with Crippen molar-refractivity contribution in [1.82, 2.24) is 10.2 Å². The fraction of sp³-hybridized carbons (Fsp3) is 0.923. The molecule has 0 aliphatic carbocycles. The van der Waals surface area contributed by atoms with Gasteiger partial charge in [0.2, 0.25) is 5.91 Å². The maximum atomic E-state index is 12.2. The van der Waals surface area contributed by atoms with Gasteiger partial charge in [-0.05, 0) is 31.8 Å². The summed E-state index contributed by atoms with van der Waals surface area (Å²) in [5.41, 5.74) is 0. The number of hydrogen-bond acceptors (Lipinski definition) is 3. The van der Waals surface area contributed by atoms with Gasteiger partial charge in [0.25, 0.3) is 0 Å².